The van der Waals surface area contributed by atoms with Gasteiger partial charge in [0.1, 0.15) is 0 Å². The first-order chi connectivity index (χ1) is 7.43. The van der Waals surface area contributed by atoms with Gasteiger partial charge in [-0.25, -0.2) is 4.79 Å². The van der Waals surface area contributed by atoms with Crippen molar-refractivity contribution in [1.29, 1.82) is 0 Å². The van der Waals surface area contributed by atoms with Crippen LogP contribution in [-0.2, 0) is 14.0 Å². The Morgan fingerprint density at radius 1 is 1.25 bits per heavy atom. The van der Waals surface area contributed by atoms with Gasteiger partial charge in [0.2, 0.25) is 9.04 Å². The van der Waals surface area contributed by atoms with Gasteiger partial charge in [0, 0.05) is 8.80 Å². The highest BCUT2D eigenvalue weighted by atomic mass is 28.3. The molecule has 0 aromatic carbocycles. The maximum absolute atomic E-state index is 11.5. The molecule has 0 rings (SSSR count). The molecule has 0 aliphatic heterocycles. The van der Waals surface area contributed by atoms with Gasteiger partial charge in [0.25, 0.3) is 0 Å². The highest BCUT2D eigenvalue weighted by Gasteiger charge is 2.06. The number of esters is 1. The second kappa shape index (κ2) is 8.58. The van der Waals surface area contributed by atoms with Crippen molar-refractivity contribution in [3.05, 3.63) is 11.8 Å². The van der Waals surface area contributed by atoms with E-state index in [-0.39, 0.29) is 5.97 Å². The molecular formula is C11H24O3Si2. The standard InChI is InChI=1S/C11H24O3Si2/c1-10(9-14-16(4)5)11(12)13-7-6-8-15(2)3/h9,15-16H,6-8H2,1-5H3. The predicted octanol–water partition coefficient (Wildman–Crippen LogP) is 2.31. The molecule has 0 N–H and O–H groups in total. The van der Waals surface area contributed by atoms with Crippen LogP contribution in [0.2, 0.25) is 32.2 Å². The summed E-state index contributed by atoms with van der Waals surface area (Å²) < 4.78 is 10.5. The van der Waals surface area contributed by atoms with Crippen molar-refractivity contribution < 1.29 is 14.0 Å². The topological polar surface area (TPSA) is 35.5 Å². The van der Waals surface area contributed by atoms with E-state index in [4.69, 9.17) is 9.16 Å². The van der Waals surface area contributed by atoms with E-state index >= 15 is 0 Å². The fraction of sp³-hybridized carbons (Fsp3) is 0.727. The van der Waals surface area contributed by atoms with Crippen LogP contribution < -0.4 is 0 Å². The summed E-state index contributed by atoms with van der Waals surface area (Å²) in [4.78, 5) is 11.5. The van der Waals surface area contributed by atoms with Crippen LogP contribution in [0.4, 0.5) is 0 Å². The summed E-state index contributed by atoms with van der Waals surface area (Å²) in [5, 5.41) is 0. The number of ether oxygens (including phenoxy) is 1. The quantitative estimate of drug-likeness (QED) is 0.232. The number of carbonyl (C=O) groups excluding carboxylic acids is 1. The van der Waals surface area contributed by atoms with Crippen molar-refractivity contribution in [1.82, 2.24) is 0 Å². The van der Waals surface area contributed by atoms with Crippen LogP contribution in [0.25, 0.3) is 0 Å². The molecule has 0 aromatic rings. The summed E-state index contributed by atoms with van der Waals surface area (Å²) in [6.45, 7) is 11.0. The van der Waals surface area contributed by atoms with Crippen molar-refractivity contribution in [2.24, 2.45) is 0 Å². The average Bonchev–Trinajstić information content (AvgIpc) is 2.20. The molecule has 0 aliphatic carbocycles. The predicted molar refractivity (Wildman–Crippen MR) is 73.0 cm³/mol. The minimum Gasteiger partial charge on any atom is -0.552 e. The van der Waals surface area contributed by atoms with Crippen molar-refractivity contribution in [2.75, 3.05) is 6.61 Å². The van der Waals surface area contributed by atoms with E-state index < -0.39 is 17.8 Å². The maximum Gasteiger partial charge on any atom is 0.336 e. The zero-order chi connectivity index (χ0) is 12.6. The number of hydrogen-bond donors (Lipinski definition) is 0. The van der Waals surface area contributed by atoms with Crippen molar-refractivity contribution in [3.63, 3.8) is 0 Å². The fourth-order valence-electron chi connectivity index (χ4n) is 1.06. The van der Waals surface area contributed by atoms with Gasteiger partial charge < -0.3 is 9.16 Å². The van der Waals surface area contributed by atoms with Crippen LogP contribution in [-0.4, -0.2) is 30.4 Å². The Balaban J connectivity index is 3.75. The van der Waals surface area contributed by atoms with Gasteiger partial charge in [-0.3, -0.25) is 0 Å². The minimum atomic E-state index is -1.09. The zero-order valence-electron chi connectivity index (χ0n) is 11.1. The van der Waals surface area contributed by atoms with Gasteiger partial charge in [-0.1, -0.05) is 19.1 Å². The molecule has 0 amide bonds. The Hall–Kier alpha value is -0.556. The molecule has 0 fully saturated rings. The van der Waals surface area contributed by atoms with Crippen LogP contribution in [0.5, 0.6) is 0 Å². The number of carbonyl (C=O) groups is 1. The lowest BCUT2D eigenvalue weighted by atomic mass is 10.3. The summed E-state index contributed by atoms with van der Waals surface area (Å²) >= 11 is 0. The van der Waals surface area contributed by atoms with Crippen LogP contribution >= 0.6 is 0 Å². The molecule has 16 heavy (non-hydrogen) atoms. The smallest absolute Gasteiger partial charge is 0.336 e. The molecule has 0 spiro atoms. The molecular weight excluding hydrogens is 236 g/mol. The lowest BCUT2D eigenvalue weighted by molar-refractivity contribution is -0.139. The summed E-state index contributed by atoms with van der Waals surface area (Å²) in [7, 11) is -1.60. The van der Waals surface area contributed by atoms with E-state index in [1.165, 1.54) is 12.3 Å². The van der Waals surface area contributed by atoms with E-state index in [2.05, 4.69) is 26.2 Å². The second-order valence-corrected chi connectivity index (χ2v) is 10.4. The van der Waals surface area contributed by atoms with Crippen LogP contribution in [0, 0.1) is 0 Å². The number of hydrogen-bond acceptors (Lipinski definition) is 3. The third-order valence-electron chi connectivity index (χ3n) is 2.00. The molecule has 0 radical (unpaired) electrons. The van der Waals surface area contributed by atoms with E-state index in [0.29, 0.717) is 12.2 Å². The van der Waals surface area contributed by atoms with Gasteiger partial charge in [-0.05, 0) is 26.4 Å². The van der Waals surface area contributed by atoms with E-state index in [0.717, 1.165) is 6.42 Å². The van der Waals surface area contributed by atoms with Gasteiger partial charge in [-0.2, -0.15) is 0 Å². The Morgan fingerprint density at radius 3 is 2.38 bits per heavy atom. The third kappa shape index (κ3) is 8.73. The molecule has 0 saturated heterocycles. The van der Waals surface area contributed by atoms with Gasteiger partial charge in [0.05, 0.1) is 18.4 Å². The molecule has 3 nitrogen and oxygen atoms in total. The molecule has 94 valence electrons. The lowest BCUT2D eigenvalue weighted by Crippen LogP contribution is -2.10. The highest BCUT2D eigenvalue weighted by Crippen LogP contribution is 2.02. The third-order valence-corrected chi connectivity index (χ3v) is 4.24. The summed E-state index contributed by atoms with van der Waals surface area (Å²) in [6, 6.07) is 1.23. The molecule has 0 aromatic heterocycles. The molecule has 0 heterocycles. The Kier molecular flexibility index (Phi) is 8.28. The average molecular weight is 260 g/mol. The first-order valence-electron chi connectivity index (χ1n) is 5.92. The first kappa shape index (κ1) is 15.4. The summed E-state index contributed by atoms with van der Waals surface area (Å²) in [5.74, 6) is -0.250. The van der Waals surface area contributed by atoms with Crippen molar-refractivity contribution >= 4 is 23.8 Å². The van der Waals surface area contributed by atoms with Gasteiger partial charge >= 0.3 is 5.97 Å². The molecule has 0 atom stereocenters. The second-order valence-electron chi connectivity index (χ2n) is 4.66. The first-order valence-corrected chi connectivity index (χ1v) is 11.8. The largest absolute Gasteiger partial charge is 0.552 e. The van der Waals surface area contributed by atoms with Crippen molar-refractivity contribution in [2.45, 2.75) is 45.6 Å². The molecule has 0 aliphatic rings. The molecule has 0 bridgehead atoms. The Labute approximate surface area is 102 Å². The normalized spacial score (nSPS) is 12.1. The summed E-state index contributed by atoms with van der Waals surface area (Å²) in [6.07, 6.45) is 2.53. The van der Waals surface area contributed by atoms with Crippen LogP contribution in [0.3, 0.4) is 0 Å². The zero-order valence-corrected chi connectivity index (χ0v) is 13.4. The minimum absolute atomic E-state index is 0.250. The van der Waals surface area contributed by atoms with Gasteiger partial charge in [0.15, 0.2) is 0 Å². The van der Waals surface area contributed by atoms with Gasteiger partial charge in [-0.15, -0.1) is 0 Å². The SMILES string of the molecule is CC(=CO[SiH](C)C)C(=O)OCCC[SiH](C)C. The van der Waals surface area contributed by atoms with E-state index in [1.54, 1.807) is 6.92 Å². The highest BCUT2D eigenvalue weighted by molar-refractivity contribution is 6.55. The maximum atomic E-state index is 11.5. The van der Waals surface area contributed by atoms with Crippen LogP contribution in [0.15, 0.2) is 11.8 Å². The number of rotatable bonds is 7. The van der Waals surface area contributed by atoms with Crippen LogP contribution in [0.1, 0.15) is 13.3 Å². The molecule has 0 unspecified atom stereocenters. The van der Waals surface area contributed by atoms with E-state index in [1.807, 2.05) is 0 Å². The van der Waals surface area contributed by atoms with E-state index in [9.17, 15) is 4.79 Å². The molecule has 0 saturated carbocycles. The molecule has 5 heteroatoms. The Morgan fingerprint density at radius 2 is 1.88 bits per heavy atom. The summed E-state index contributed by atoms with van der Waals surface area (Å²) in [5.41, 5.74) is 0.558. The Bertz CT molecular complexity index is 237. The monoisotopic (exact) mass is 260 g/mol. The van der Waals surface area contributed by atoms with Crippen molar-refractivity contribution in [3.8, 4) is 0 Å². The lowest BCUT2D eigenvalue weighted by Gasteiger charge is -2.07. The fourth-order valence-corrected chi connectivity index (χ4v) is 2.52.